The van der Waals surface area contributed by atoms with Gasteiger partial charge in [0.15, 0.2) is 0 Å². The Hall–Kier alpha value is -0.370. The van der Waals surface area contributed by atoms with Crippen LogP contribution in [-0.2, 0) is 4.79 Å². The second-order valence-electron chi connectivity index (χ2n) is 2.35. The van der Waals surface area contributed by atoms with Crippen molar-refractivity contribution in [3.63, 3.8) is 0 Å². The van der Waals surface area contributed by atoms with Gasteiger partial charge in [-0.25, -0.2) is 0 Å². The van der Waals surface area contributed by atoms with Crippen molar-refractivity contribution < 1.29 is 10.5 Å². The van der Waals surface area contributed by atoms with E-state index in [1.165, 1.54) is 0 Å². The zero-order valence-corrected chi connectivity index (χ0v) is 5.61. The third kappa shape index (κ3) is 5.63. The molecule has 0 rings (SSSR count). The number of hydrogen-bond acceptors (Lipinski definition) is 1. The van der Waals surface area contributed by atoms with E-state index < -0.39 is 0 Å². The van der Waals surface area contributed by atoms with Gasteiger partial charge >= 0.3 is 0 Å². The van der Waals surface area contributed by atoms with E-state index in [4.69, 9.17) is 0 Å². The van der Waals surface area contributed by atoms with Gasteiger partial charge in [0.05, 0.1) is 6.04 Å². The molecule has 0 aliphatic carbocycles. The van der Waals surface area contributed by atoms with Crippen molar-refractivity contribution in [2.24, 2.45) is 0 Å². The molecular formula is C6H14NO+. The average Bonchev–Trinajstić information content (AvgIpc) is 1.61. The molecule has 0 spiro atoms. The Morgan fingerprint density at radius 2 is 2.25 bits per heavy atom. The maximum absolute atomic E-state index is 10.3. The lowest BCUT2D eigenvalue weighted by molar-refractivity contribution is -0.415. The Balaban J connectivity index is 3.05. The largest absolute Gasteiger partial charge is 0.355 e. The first-order valence-corrected chi connectivity index (χ1v) is 2.95. The van der Waals surface area contributed by atoms with Gasteiger partial charge in [0.1, 0.15) is 5.78 Å². The molecule has 2 heteroatoms. The van der Waals surface area contributed by atoms with E-state index in [2.05, 4.69) is 5.73 Å². The summed E-state index contributed by atoms with van der Waals surface area (Å²) in [7, 11) is 0. The molecule has 1 atom stereocenters. The molecule has 0 saturated carbocycles. The Bertz CT molecular complexity index is 78.6. The smallest absolute Gasteiger partial charge is 0.130 e. The van der Waals surface area contributed by atoms with Crippen LogP contribution in [0.4, 0.5) is 0 Å². The van der Waals surface area contributed by atoms with Crippen molar-refractivity contribution in [1.82, 2.24) is 0 Å². The quantitative estimate of drug-likeness (QED) is 0.553. The Morgan fingerprint density at radius 3 is 2.38 bits per heavy atom. The van der Waals surface area contributed by atoms with Crippen LogP contribution in [0.2, 0.25) is 0 Å². The molecule has 48 valence electrons. The van der Waals surface area contributed by atoms with Gasteiger partial charge in [0.2, 0.25) is 0 Å². The molecule has 0 heterocycles. The van der Waals surface area contributed by atoms with Crippen LogP contribution in [0.1, 0.15) is 26.7 Å². The minimum Gasteiger partial charge on any atom is -0.355 e. The Morgan fingerprint density at radius 1 is 1.75 bits per heavy atom. The van der Waals surface area contributed by atoms with E-state index in [1.807, 2.05) is 6.92 Å². The van der Waals surface area contributed by atoms with Crippen LogP contribution in [0.25, 0.3) is 0 Å². The minimum atomic E-state index is 0.264. The Kier molecular flexibility index (Phi) is 3.44. The lowest BCUT2D eigenvalue weighted by atomic mass is 10.1. The van der Waals surface area contributed by atoms with Gasteiger partial charge in [-0.15, -0.1) is 0 Å². The maximum atomic E-state index is 10.3. The van der Waals surface area contributed by atoms with Crippen LogP contribution in [0.3, 0.4) is 0 Å². The van der Waals surface area contributed by atoms with E-state index in [0.29, 0.717) is 12.5 Å². The highest BCUT2D eigenvalue weighted by molar-refractivity contribution is 5.75. The van der Waals surface area contributed by atoms with E-state index in [-0.39, 0.29) is 5.78 Å². The molecule has 0 aromatic carbocycles. The van der Waals surface area contributed by atoms with Crippen LogP contribution < -0.4 is 5.73 Å². The lowest BCUT2D eigenvalue weighted by Crippen LogP contribution is -2.59. The molecule has 0 aromatic rings. The van der Waals surface area contributed by atoms with Gasteiger partial charge in [-0.05, 0) is 13.8 Å². The van der Waals surface area contributed by atoms with Crippen LogP contribution in [0.5, 0.6) is 0 Å². The van der Waals surface area contributed by atoms with Crippen molar-refractivity contribution in [3.05, 3.63) is 0 Å². The summed E-state index contributed by atoms with van der Waals surface area (Å²) >= 11 is 0. The number of hydrogen-bond donors (Lipinski definition) is 1. The summed E-state index contributed by atoms with van der Waals surface area (Å²) < 4.78 is 0. The molecule has 0 aromatic heterocycles. The molecule has 0 fully saturated rings. The second kappa shape index (κ2) is 3.61. The highest BCUT2D eigenvalue weighted by Gasteiger charge is 1.98. The first kappa shape index (κ1) is 7.63. The first-order valence-electron chi connectivity index (χ1n) is 2.95. The van der Waals surface area contributed by atoms with Gasteiger partial charge in [-0.2, -0.15) is 0 Å². The van der Waals surface area contributed by atoms with Crippen molar-refractivity contribution in [1.29, 1.82) is 0 Å². The average molecular weight is 116 g/mol. The predicted molar refractivity (Wildman–Crippen MR) is 32.3 cm³/mol. The zero-order chi connectivity index (χ0) is 6.57. The lowest BCUT2D eigenvalue weighted by Gasteiger charge is -1.95. The minimum absolute atomic E-state index is 0.264. The van der Waals surface area contributed by atoms with Crippen molar-refractivity contribution >= 4 is 5.78 Å². The molecule has 2 nitrogen and oxygen atoms in total. The van der Waals surface area contributed by atoms with Crippen molar-refractivity contribution in [3.8, 4) is 0 Å². The monoisotopic (exact) mass is 116 g/mol. The molecule has 0 aliphatic rings. The van der Waals surface area contributed by atoms with Crippen LogP contribution in [0.15, 0.2) is 0 Å². The first-order chi connectivity index (χ1) is 3.63. The van der Waals surface area contributed by atoms with E-state index >= 15 is 0 Å². The summed E-state index contributed by atoms with van der Waals surface area (Å²) in [5, 5.41) is 0. The van der Waals surface area contributed by atoms with Crippen LogP contribution in [0, 0.1) is 0 Å². The second-order valence-corrected chi connectivity index (χ2v) is 2.35. The number of rotatable bonds is 3. The normalized spacial score (nSPS) is 13.4. The van der Waals surface area contributed by atoms with Gasteiger partial charge in [-0.3, -0.25) is 0 Å². The molecule has 0 amide bonds. The SMILES string of the molecule is CC(=O)CCC(C)[NH3+]. The predicted octanol–water partition coefficient (Wildman–Crippen LogP) is -0.0140. The van der Waals surface area contributed by atoms with Crippen LogP contribution >= 0.6 is 0 Å². The molecular weight excluding hydrogens is 102 g/mol. The van der Waals surface area contributed by atoms with E-state index in [9.17, 15) is 4.79 Å². The summed E-state index contributed by atoms with van der Waals surface area (Å²) in [5.41, 5.74) is 3.76. The third-order valence-electron chi connectivity index (χ3n) is 0.989. The number of quaternary nitrogens is 1. The fraction of sp³-hybridized carbons (Fsp3) is 0.833. The third-order valence-corrected chi connectivity index (χ3v) is 0.989. The zero-order valence-electron chi connectivity index (χ0n) is 5.61. The summed E-state index contributed by atoms with van der Waals surface area (Å²) in [6.45, 7) is 3.63. The van der Waals surface area contributed by atoms with Gasteiger partial charge in [0, 0.05) is 12.8 Å². The molecule has 0 bridgehead atoms. The van der Waals surface area contributed by atoms with Crippen LogP contribution in [-0.4, -0.2) is 11.8 Å². The van der Waals surface area contributed by atoms with E-state index in [1.54, 1.807) is 6.92 Å². The van der Waals surface area contributed by atoms with Crippen molar-refractivity contribution in [2.45, 2.75) is 32.7 Å². The molecule has 3 N–H and O–H groups in total. The summed E-state index contributed by atoms with van der Waals surface area (Å²) in [5.74, 6) is 0.264. The molecule has 8 heavy (non-hydrogen) atoms. The number of Topliss-reactive ketones (excluding diaryl/α,β-unsaturated/α-hetero) is 1. The summed E-state index contributed by atoms with van der Waals surface area (Å²) in [6, 6.07) is 0.416. The summed E-state index contributed by atoms with van der Waals surface area (Å²) in [4.78, 5) is 10.3. The molecule has 0 saturated heterocycles. The number of carbonyl (C=O) groups is 1. The van der Waals surface area contributed by atoms with Crippen molar-refractivity contribution in [2.75, 3.05) is 0 Å². The van der Waals surface area contributed by atoms with E-state index in [0.717, 1.165) is 6.42 Å². The molecule has 1 unspecified atom stereocenters. The van der Waals surface area contributed by atoms with Gasteiger partial charge in [-0.1, -0.05) is 0 Å². The van der Waals surface area contributed by atoms with Gasteiger partial charge < -0.3 is 10.5 Å². The standard InChI is InChI=1S/C6H13NO/c1-5(7)3-4-6(2)8/h5H,3-4,7H2,1-2H3/p+1. The number of carbonyl (C=O) groups excluding carboxylic acids is 1. The topological polar surface area (TPSA) is 44.7 Å². The highest BCUT2D eigenvalue weighted by Crippen LogP contribution is 1.90. The fourth-order valence-corrected chi connectivity index (χ4v) is 0.450. The highest BCUT2D eigenvalue weighted by atomic mass is 16.1. The fourth-order valence-electron chi connectivity index (χ4n) is 0.450. The Labute approximate surface area is 50.1 Å². The molecule has 0 aliphatic heterocycles. The maximum Gasteiger partial charge on any atom is 0.130 e. The van der Waals surface area contributed by atoms with Gasteiger partial charge in [0.25, 0.3) is 0 Å². The number of ketones is 1. The summed E-state index contributed by atoms with van der Waals surface area (Å²) in [6.07, 6.45) is 1.61. The molecule has 0 radical (unpaired) electrons.